The van der Waals surface area contributed by atoms with E-state index in [0.717, 1.165) is 11.4 Å². The average Bonchev–Trinajstić information content (AvgIpc) is 3.54. The van der Waals surface area contributed by atoms with Crippen LogP contribution in [-0.4, -0.2) is 9.97 Å². The molecular formula is C32H28Cl2Cr2N2. The average molecular weight is 615 g/mol. The summed E-state index contributed by atoms with van der Waals surface area (Å²) >= 11 is 0. The molecule has 0 fully saturated rings. The van der Waals surface area contributed by atoms with Gasteiger partial charge in [-0.1, -0.05) is 38.1 Å². The van der Waals surface area contributed by atoms with Gasteiger partial charge in [0.15, 0.2) is 0 Å². The van der Waals surface area contributed by atoms with Crippen LogP contribution < -0.4 is 24.8 Å². The molecule has 6 rings (SSSR count). The van der Waals surface area contributed by atoms with E-state index in [-0.39, 0.29) is 59.5 Å². The summed E-state index contributed by atoms with van der Waals surface area (Å²) < 4.78 is 0. The van der Waals surface area contributed by atoms with Crippen molar-refractivity contribution in [3.63, 3.8) is 0 Å². The predicted octanol–water partition coefficient (Wildman–Crippen LogP) is 2.21. The van der Waals surface area contributed by atoms with Gasteiger partial charge in [-0.15, -0.1) is 93.3 Å². The molecule has 0 aliphatic carbocycles. The first-order chi connectivity index (χ1) is 16.7. The standard InChI is InChI=1S/2C16H14N.2ClH.2Cr/c2*1-12(16-8-4-5-11-17-16)14-10-9-13-6-2-3-7-15(13)14;;;;/h2*2-12H,1H3;2*1H;;/q2*-1;;;2*+2/p-2. The molecule has 0 aliphatic rings. The Hall–Kier alpha value is -2.40. The number of benzene rings is 2. The Labute approximate surface area is 259 Å². The zero-order valence-corrected chi connectivity index (χ0v) is 25.2. The SMILES string of the molecule is CC(c1ccccn1)c1c[cH-]c2ccccc12.CC(c1ccccn1)c1c[cH-]c2ccccc12.[Cl-].[Cl-].[Cr+2].[Cr+2]. The molecule has 192 valence electrons. The van der Waals surface area contributed by atoms with Crippen molar-refractivity contribution in [2.24, 2.45) is 0 Å². The summed E-state index contributed by atoms with van der Waals surface area (Å²) in [6, 6.07) is 38.0. The molecule has 0 bridgehead atoms. The molecule has 0 saturated heterocycles. The van der Waals surface area contributed by atoms with Gasteiger partial charge in [-0.05, 0) is 36.1 Å². The number of halogens is 2. The summed E-state index contributed by atoms with van der Waals surface area (Å²) in [7, 11) is 0. The molecule has 6 heteroatoms. The zero-order chi connectivity index (χ0) is 23.3. The van der Waals surface area contributed by atoms with E-state index in [1.807, 2.05) is 36.7 Å². The number of nitrogens with zero attached hydrogens (tertiary/aromatic N) is 2. The zero-order valence-electron chi connectivity index (χ0n) is 21.2. The van der Waals surface area contributed by atoms with E-state index in [1.54, 1.807) is 0 Å². The predicted molar refractivity (Wildman–Crippen MR) is 143 cm³/mol. The van der Waals surface area contributed by atoms with Gasteiger partial charge in [0, 0.05) is 23.8 Å². The van der Waals surface area contributed by atoms with Gasteiger partial charge in [0.05, 0.1) is 0 Å². The van der Waals surface area contributed by atoms with Crippen LogP contribution in [-0.2, 0) is 34.7 Å². The molecule has 0 saturated carbocycles. The molecular weight excluding hydrogens is 587 g/mol. The summed E-state index contributed by atoms with van der Waals surface area (Å²) in [5.74, 6) is 0.687. The Morgan fingerprint density at radius 3 is 1.26 bits per heavy atom. The number of fused-ring (bicyclic) bond motifs is 2. The molecule has 2 unspecified atom stereocenters. The first-order valence-electron chi connectivity index (χ1n) is 11.8. The minimum absolute atomic E-state index is 0. The summed E-state index contributed by atoms with van der Waals surface area (Å²) in [6.07, 6.45) is 3.72. The van der Waals surface area contributed by atoms with Gasteiger partial charge in [0.25, 0.3) is 0 Å². The van der Waals surface area contributed by atoms with E-state index in [2.05, 4.69) is 109 Å². The van der Waals surface area contributed by atoms with Crippen molar-refractivity contribution < 1.29 is 59.5 Å². The summed E-state index contributed by atoms with van der Waals surface area (Å²) in [4.78, 5) is 8.88. The molecule has 6 aromatic rings. The van der Waals surface area contributed by atoms with Gasteiger partial charge in [-0.3, -0.25) is 9.97 Å². The van der Waals surface area contributed by atoms with Crippen molar-refractivity contribution in [2.45, 2.75) is 25.7 Å². The summed E-state index contributed by atoms with van der Waals surface area (Å²) in [5.41, 5.74) is 4.98. The number of hydrogen-bond acceptors (Lipinski definition) is 2. The maximum Gasteiger partial charge on any atom is 2.00 e. The van der Waals surface area contributed by atoms with E-state index in [1.165, 1.54) is 32.7 Å². The van der Waals surface area contributed by atoms with Crippen LogP contribution in [0.25, 0.3) is 21.5 Å². The third kappa shape index (κ3) is 7.37. The molecule has 2 atom stereocenters. The number of aromatic nitrogens is 2. The van der Waals surface area contributed by atoms with Crippen LogP contribution in [0.4, 0.5) is 0 Å². The molecule has 0 spiro atoms. The number of hydrogen-bond donors (Lipinski definition) is 0. The molecule has 0 amide bonds. The minimum Gasteiger partial charge on any atom is -1.00 e. The second-order valence-electron chi connectivity index (χ2n) is 8.70. The fraction of sp³-hybridized carbons (Fsp3) is 0.125. The molecule has 2 nitrogen and oxygen atoms in total. The maximum atomic E-state index is 4.44. The monoisotopic (exact) mass is 614 g/mol. The molecule has 38 heavy (non-hydrogen) atoms. The van der Waals surface area contributed by atoms with E-state index in [0.29, 0.717) is 11.8 Å². The van der Waals surface area contributed by atoms with Crippen LogP contribution in [0, 0.1) is 0 Å². The van der Waals surface area contributed by atoms with Crippen molar-refractivity contribution in [1.82, 2.24) is 9.97 Å². The van der Waals surface area contributed by atoms with Gasteiger partial charge in [0.1, 0.15) is 0 Å². The fourth-order valence-electron chi connectivity index (χ4n) is 4.69. The Morgan fingerprint density at radius 2 is 0.895 bits per heavy atom. The van der Waals surface area contributed by atoms with Crippen LogP contribution >= 0.6 is 0 Å². The van der Waals surface area contributed by atoms with Crippen LogP contribution in [0.15, 0.2) is 122 Å². The number of rotatable bonds is 4. The van der Waals surface area contributed by atoms with Gasteiger partial charge < -0.3 is 24.8 Å². The topological polar surface area (TPSA) is 25.8 Å². The third-order valence-electron chi connectivity index (χ3n) is 6.62. The Morgan fingerprint density at radius 1 is 0.526 bits per heavy atom. The van der Waals surface area contributed by atoms with E-state index in [4.69, 9.17) is 0 Å². The third-order valence-corrected chi connectivity index (χ3v) is 6.62. The summed E-state index contributed by atoms with van der Waals surface area (Å²) in [6.45, 7) is 4.42. The van der Waals surface area contributed by atoms with Crippen molar-refractivity contribution in [3.05, 3.63) is 144 Å². The minimum atomic E-state index is 0. The Balaban J connectivity index is 0.000000344. The molecule has 2 aromatic heterocycles. The van der Waals surface area contributed by atoms with Gasteiger partial charge in [0.2, 0.25) is 0 Å². The van der Waals surface area contributed by atoms with Crippen molar-refractivity contribution in [3.8, 4) is 0 Å². The van der Waals surface area contributed by atoms with Crippen LogP contribution in [0.1, 0.15) is 48.2 Å². The van der Waals surface area contributed by atoms with Gasteiger partial charge >= 0.3 is 34.7 Å². The van der Waals surface area contributed by atoms with Crippen LogP contribution in [0.3, 0.4) is 0 Å². The van der Waals surface area contributed by atoms with E-state index in [9.17, 15) is 0 Å². The van der Waals surface area contributed by atoms with Gasteiger partial charge in [-0.2, -0.15) is 0 Å². The molecule has 0 aliphatic heterocycles. The first-order valence-corrected chi connectivity index (χ1v) is 11.8. The van der Waals surface area contributed by atoms with Crippen LogP contribution in [0.5, 0.6) is 0 Å². The second-order valence-corrected chi connectivity index (χ2v) is 8.70. The van der Waals surface area contributed by atoms with E-state index >= 15 is 0 Å². The second kappa shape index (κ2) is 15.9. The van der Waals surface area contributed by atoms with E-state index < -0.39 is 0 Å². The van der Waals surface area contributed by atoms with Crippen LogP contribution in [0.2, 0.25) is 0 Å². The quantitative estimate of drug-likeness (QED) is 0.285. The van der Waals surface area contributed by atoms with Crippen molar-refractivity contribution in [2.75, 3.05) is 0 Å². The van der Waals surface area contributed by atoms with Crippen molar-refractivity contribution >= 4 is 21.5 Å². The molecule has 0 N–H and O–H groups in total. The largest absolute Gasteiger partial charge is 2.00 e. The number of pyridine rings is 2. The first kappa shape index (κ1) is 33.6. The maximum absolute atomic E-state index is 4.44. The normalized spacial score (nSPS) is 11.4. The molecule has 0 radical (unpaired) electrons. The summed E-state index contributed by atoms with van der Waals surface area (Å²) in [5, 5.41) is 5.30. The van der Waals surface area contributed by atoms with Gasteiger partial charge in [-0.25, -0.2) is 0 Å². The van der Waals surface area contributed by atoms with Crippen molar-refractivity contribution in [1.29, 1.82) is 0 Å². The fourth-order valence-corrected chi connectivity index (χ4v) is 4.69. The Bertz CT molecular complexity index is 1380. The smallest absolute Gasteiger partial charge is 1.00 e. The molecule has 2 heterocycles. The Kier molecular flexibility index (Phi) is 14.1. The molecule has 4 aromatic carbocycles.